The van der Waals surface area contributed by atoms with E-state index in [2.05, 4.69) is 4.72 Å². The first-order valence-electron chi connectivity index (χ1n) is 15.3. The van der Waals surface area contributed by atoms with Crippen molar-refractivity contribution in [1.82, 2.24) is 9.21 Å². The molecule has 4 rings (SSSR count). The quantitative estimate of drug-likeness (QED) is 0.322. The molecule has 2 aromatic carbocycles. The lowest BCUT2D eigenvalue weighted by Gasteiger charge is -2.35. The number of aliphatic hydroxyl groups is 1. The van der Waals surface area contributed by atoms with Crippen LogP contribution in [0.4, 0.5) is 10.1 Å². The Labute approximate surface area is 280 Å². The van der Waals surface area contributed by atoms with E-state index in [9.17, 15) is 31.1 Å². The van der Waals surface area contributed by atoms with E-state index in [0.29, 0.717) is 19.4 Å². The fraction of sp³-hybridized carbons (Fsp3) is 0.469. The molecular formula is C32H42FN3O8S3. The number of fused-ring (bicyclic) bond motifs is 1. The van der Waals surface area contributed by atoms with Crippen molar-refractivity contribution in [2.24, 2.45) is 5.92 Å². The smallest absolute Gasteiger partial charge is 0.261 e. The molecule has 0 saturated carbocycles. The predicted molar refractivity (Wildman–Crippen MR) is 178 cm³/mol. The van der Waals surface area contributed by atoms with Gasteiger partial charge < -0.3 is 19.5 Å². The third-order valence-electron chi connectivity index (χ3n) is 8.02. The van der Waals surface area contributed by atoms with E-state index in [0.717, 1.165) is 42.0 Å². The van der Waals surface area contributed by atoms with Gasteiger partial charge in [-0.15, -0.1) is 11.3 Å². The van der Waals surface area contributed by atoms with Crippen LogP contribution in [0, 0.1) is 11.7 Å². The van der Waals surface area contributed by atoms with Crippen LogP contribution < -0.4 is 9.46 Å². The predicted octanol–water partition coefficient (Wildman–Crippen LogP) is 4.80. The Morgan fingerprint density at radius 1 is 1.11 bits per heavy atom. The summed E-state index contributed by atoms with van der Waals surface area (Å²) in [5.74, 6) is -1.22. The lowest BCUT2D eigenvalue weighted by atomic mass is 10.0. The molecular weight excluding hydrogens is 670 g/mol. The van der Waals surface area contributed by atoms with Crippen molar-refractivity contribution in [3.63, 3.8) is 0 Å². The molecule has 0 fully saturated rings. The lowest BCUT2D eigenvalue weighted by Crippen LogP contribution is -2.48. The zero-order valence-electron chi connectivity index (χ0n) is 26.8. The largest absolute Gasteiger partial charge is 0.490 e. The first kappa shape index (κ1) is 36.8. The molecule has 15 heteroatoms. The average molecular weight is 712 g/mol. The molecule has 0 aliphatic carbocycles. The molecule has 258 valence electrons. The number of hydrogen-bond acceptors (Lipinski definition) is 9. The second-order valence-electron chi connectivity index (χ2n) is 11.8. The van der Waals surface area contributed by atoms with Gasteiger partial charge in [0, 0.05) is 38.3 Å². The minimum absolute atomic E-state index is 0.0440. The summed E-state index contributed by atoms with van der Waals surface area (Å²) in [6, 6.07) is 11.3. The zero-order chi connectivity index (χ0) is 34.4. The first-order chi connectivity index (χ1) is 22.2. The van der Waals surface area contributed by atoms with Gasteiger partial charge in [0.2, 0.25) is 0 Å². The Hall–Kier alpha value is -3.08. The van der Waals surface area contributed by atoms with Crippen LogP contribution in [0.2, 0.25) is 0 Å². The maximum absolute atomic E-state index is 14.3. The summed E-state index contributed by atoms with van der Waals surface area (Å²) in [5.41, 5.74) is 0.167. The maximum atomic E-state index is 14.3. The third kappa shape index (κ3) is 9.30. The van der Waals surface area contributed by atoms with Gasteiger partial charge in [0.15, 0.2) is 0 Å². The molecule has 0 spiro atoms. The number of hydrogen-bond donors (Lipinski definition) is 2. The highest BCUT2D eigenvalue weighted by Gasteiger charge is 2.33. The Morgan fingerprint density at radius 3 is 2.49 bits per heavy atom. The molecule has 4 atom stereocenters. The molecule has 0 unspecified atom stereocenters. The second kappa shape index (κ2) is 15.9. The van der Waals surface area contributed by atoms with Crippen LogP contribution >= 0.6 is 11.3 Å². The summed E-state index contributed by atoms with van der Waals surface area (Å²) in [6.45, 7) is 5.57. The number of rotatable bonds is 9. The number of nitrogens with one attached hydrogen (secondary N) is 1. The van der Waals surface area contributed by atoms with Crippen LogP contribution in [-0.2, 0) is 24.8 Å². The number of carbonyl (C=O) groups excluding carboxylic acids is 1. The summed E-state index contributed by atoms with van der Waals surface area (Å²) in [5, 5.41) is 11.9. The molecule has 0 saturated heterocycles. The fourth-order valence-electron chi connectivity index (χ4n) is 5.19. The van der Waals surface area contributed by atoms with Gasteiger partial charge in [-0.2, -0.15) is 4.31 Å². The number of thiophene rings is 1. The first-order valence-corrected chi connectivity index (χ1v) is 19.2. The molecule has 2 heterocycles. The van der Waals surface area contributed by atoms with E-state index >= 15 is 0 Å². The molecule has 1 aromatic heterocycles. The standard InChI is InChI=1S/C32H42FN3O8S3/c1-22-19-36(23(2)21-37)32(38)28-18-26(34-46(39,40)27-13-10-25(33)11-14-27)12-15-29(28)44-24(3)8-5-6-16-43-30(22)20-35(4)47(41,42)31-9-7-17-45-31/h7,9-15,17-18,22-24,30,34,37H,5-6,8,16,19-21H2,1-4H3/t22-,23+,24+,30+/m0/s1. The number of anilines is 1. The molecule has 1 amide bonds. The second-order valence-corrected chi connectivity index (χ2v) is 16.7. The van der Waals surface area contributed by atoms with Crippen molar-refractivity contribution in [2.75, 3.05) is 38.1 Å². The van der Waals surface area contributed by atoms with Crippen molar-refractivity contribution in [2.45, 2.75) is 67.4 Å². The highest BCUT2D eigenvalue weighted by molar-refractivity contribution is 7.92. The Bertz CT molecular complexity index is 1700. The van der Waals surface area contributed by atoms with Crippen molar-refractivity contribution >= 4 is 43.0 Å². The van der Waals surface area contributed by atoms with Gasteiger partial charge in [0.1, 0.15) is 15.8 Å². The highest BCUT2D eigenvalue weighted by Crippen LogP contribution is 2.30. The topological polar surface area (TPSA) is 143 Å². The van der Waals surface area contributed by atoms with Crippen LogP contribution in [-0.4, -0.2) is 88.7 Å². The van der Waals surface area contributed by atoms with Crippen molar-refractivity contribution < 1.29 is 40.6 Å². The van der Waals surface area contributed by atoms with Crippen LogP contribution in [0.3, 0.4) is 0 Å². The molecule has 2 N–H and O–H groups in total. The number of nitrogens with zero attached hydrogens (tertiary/aromatic N) is 2. The molecule has 1 aliphatic rings. The van der Waals surface area contributed by atoms with E-state index in [4.69, 9.17) is 9.47 Å². The summed E-state index contributed by atoms with van der Waals surface area (Å²) in [4.78, 5) is 15.6. The number of ether oxygens (including phenoxy) is 2. The summed E-state index contributed by atoms with van der Waals surface area (Å²) < 4.78 is 82.4. The molecule has 0 bridgehead atoms. The number of amides is 1. The van der Waals surface area contributed by atoms with Gasteiger partial charge >= 0.3 is 0 Å². The summed E-state index contributed by atoms with van der Waals surface area (Å²) in [7, 11) is -6.37. The van der Waals surface area contributed by atoms with Gasteiger partial charge in [-0.25, -0.2) is 21.2 Å². The van der Waals surface area contributed by atoms with Crippen LogP contribution in [0.1, 0.15) is 50.4 Å². The Kier molecular flexibility index (Phi) is 12.4. The molecule has 0 radical (unpaired) electrons. The number of aliphatic hydroxyl groups excluding tert-OH is 1. The molecule has 1 aliphatic heterocycles. The molecule has 3 aromatic rings. The number of carbonyl (C=O) groups is 1. The third-order valence-corrected chi connectivity index (χ3v) is 12.6. The van der Waals surface area contributed by atoms with E-state index in [1.54, 1.807) is 24.4 Å². The normalized spacial score (nSPS) is 21.0. The van der Waals surface area contributed by atoms with E-state index in [1.165, 1.54) is 34.5 Å². The van der Waals surface area contributed by atoms with E-state index in [1.807, 2.05) is 13.8 Å². The van der Waals surface area contributed by atoms with Crippen LogP contribution in [0.15, 0.2) is 69.1 Å². The highest BCUT2D eigenvalue weighted by atomic mass is 32.2. The minimum atomic E-state index is -4.12. The molecule has 47 heavy (non-hydrogen) atoms. The van der Waals surface area contributed by atoms with E-state index in [-0.39, 0.29) is 57.8 Å². The lowest BCUT2D eigenvalue weighted by molar-refractivity contribution is -0.00832. The number of likely N-dealkylation sites (N-methyl/N-ethyl adjacent to an activating group) is 1. The number of sulfonamides is 2. The van der Waals surface area contributed by atoms with E-state index < -0.39 is 43.9 Å². The van der Waals surface area contributed by atoms with Crippen LogP contribution in [0.5, 0.6) is 5.75 Å². The van der Waals surface area contributed by atoms with Crippen molar-refractivity contribution in [3.05, 3.63) is 71.4 Å². The maximum Gasteiger partial charge on any atom is 0.261 e. The average Bonchev–Trinajstić information content (AvgIpc) is 3.59. The van der Waals surface area contributed by atoms with Gasteiger partial charge in [-0.3, -0.25) is 9.52 Å². The minimum Gasteiger partial charge on any atom is -0.490 e. The number of benzene rings is 2. The number of halogens is 1. The van der Waals surface area contributed by atoms with Gasteiger partial charge in [0.05, 0.1) is 35.3 Å². The monoisotopic (exact) mass is 711 g/mol. The summed E-state index contributed by atoms with van der Waals surface area (Å²) >= 11 is 1.13. The van der Waals surface area contributed by atoms with Gasteiger partial charge in [0.25, 0.3) is 26.0 Å². The zero-order valence-corrected chi connectivity index (χ0v) is 29.3. The van der Waals surface area contributed by atoms with Gasteiger partial charge in [-0.05, 0) is 87.0 Å². The Balaban J connectivity index is 1.68. The molecule has 11 nitrogen and oxygen atoms in total. The van der Waals surface area contributed by atoms with Crippen molar-refractivity contribution in [3.8, 4) is 5.75 Å². The SMILES string of the molecule is C[C@@H]1CCCCO[C@H](CN(C)S(=O)(=O)c2cccs2)[C@@H](C)CN([C@H](C)CO)C(=O)c2cc(NS(=O)(=O)c3ccc(F)cc3)ccc2O1. The Morgan fingerprint density at radius 2 is 1.83 bits per heavy atom. The van der Waals surface area contributed by atoms with Gasteiger partial charge in [-0.1, -0.05) is 13.0 Å². The van der Waals surface area contributed by atoms with Crippen molar-refractivity contribution in [1.29, 1.82) is 0 Å². The van der Waals surface area contributed by atoms with Crippen LogP contribution in [0.25, 0.3) is 0 Å². The fourth-order valence-corrected chi connectivity index (χ4v) is 8.63. The summed E-state index contributed by atoms with van der Waals surface area (Å²) in [6.07, 6.45) is 1.20.